The molecule has 1 aromatic rings. The number of carbonyl (C=O) groups is 1. The lowest BCUT2D eigenvalue weighted by Crippen LogP contribution is -2.26. The maximum absolute atomic E-state index is 11.1. The molecule has 0 aromatic carbocycles. The van der Waals surface area contributed by atoms with Gasteiger partial charge in [0.1, 0.15) is 0 Å². The predicted molar refractivity (Wildman–Crippen MR) is 57.4 cm³/mol. The zero-order chi connectivity index (χ0) is 11.3. The third-order valence-electron chi connectivity index (χ3n) is 1.75. The van der Waals surface area contributed by atoms with Crippen LogP contribution in [0.4, 0.5) is 4.79 Å². The summed E-state index contributed by atoms with van der Waals surface area (Å²) in [5.74, 6) is 0. The lowest BCUT2D eigenvalue weighted by molar-refractivity contribution is 0.115. The monoisotopic (exact) mass is 208 g/mol. The molecule has 4 nitrogen and oxygen atoms in total. The van der Waals surface area contributed by atoms with Crippen molar-refractivity contribution in [3.05, 3.63) is 29.6 Å². The second-order valence-electron chi connectivity index (χ2n) is 3.62. The van der Waals surface area contributed by atoms with E-state index in [-0.39, 0.29) is 6.10 Å². The van der Waals surface area contributed by atoms with Crippen molar-refractivity contribution < 1.29 is 9.53 Å². The van der Waals surface area contributed by atoms with Gasteiger partial charge in [0.25, 0.3) is 0 Å². The number of nitrogens with one attached hydrogen (secondary N) is 1. The van der Waals surface area contributed by atoms with Crippen LogP contribution in [0.15, 0.2) is 18.3 Å². The smallest absolute Gasteiger partial charge is 0.407 e. The molecule has 0 aliphatic heterocycles. The van der Waals surface area contributed by atoms with E-state index in [4.69, 9.17) is 4.74 Å². The van der Waals surface area contributed by atoms with Gasteiger partial charge in [-0.25, -0.2) is 4.79 Å². The quantitative estimate of drug-likeness (QED) is 0.826. The van der Waals surface area contributed by atoms with Crippen LogP contribution in [0, 0.1) is 6.92 Å². The van der Waals surface area contributed by atoms with Crippen LogP contribution in [-0.4, -0.2) is 17.2 Å². The molecular weight excluding hydrogens is 192 g/mol. The standard InChI is InChI=1S/C11H16N2O2/c1-8(2)15-11(14)13-7-10-5-4-9(3)12-6-10/h4-6,8H,7H2,1-3H3,(H,13,14). The van der Waals surface area contributed by atoms with Crippen molar-refractivity contribution in [2.75, 3.05) is 0 Å². The molecule has 0 saturated carbocycles. The third-order valence-corrected chi connectivity index (χ3v) is 1.75. The third kappa shape index (κ3) is 4.44. The molecular formula is C11H16N2O2. The fourth-order valence-electron chi connectivity index (χ4n) is 1.03. The molecule has 0 saturated heterocycles. The molecule has 1 aromatic heterocycles. The average Bonchev–Trinajstić information content (AvgIpc) is 2.16. The molecule has 4 heteroatoms. The van der Waals surface area contributed by atoms with Crippen LogP contribution in [-0.2, 0) is 11.3 Å². The van der Waals surface area contributed by atoms with Crippen LogP contribution in [0.5, 0.6) is 0 Å². The summed E-state index contributed by atoms with van der Waals surface area (Å²) < 4.78 is 4.93. The number of alkyl carbamates (subject to hydrolysis) is 1. The van der Waals surface area contributed by atoms with E-state index >= 15 is 0 Å². The summed E-state index contributed by atoms with van der Waals surface area (Å²) in [6.07, 6.45) is 1.25. The van der Waals surface area contributed by atoms with Crippen LogP contribution < -0.4 is 5.32 Å². The minimum atomic E-state index is -0.398. The molecule has 0 aliphatic rings. The van der Waals surface area contributed by atoms with Crippen molar-refractivity contribution in [2.24, 2.45) is 0 Å². The van der Waals surface area contributed by atoms with E-state index in [2.05, 4.69) is 10.3 Å². The molecule has 0 atom stereocenters. The van der Waals surface area contributed by atoms with Crippen molar-refractivity contribution in [3.8, 4) is 0 Å². The fraction of sp³-hybridized carbons (Fsp3) is 0.455. The zero-order valence-electron chi connectivity index (χ0n) is 9.28. The first-order valence-corrected chi connectivity index (χ1v) is 4.94. The minimum absolute atomic E-state index is 0.0962. The van der Waals surface area contributed by atoms with Gasteiger partial charge in [-0.15, -0.1) is 0 Å². The second kappa shape index (κ2) is 5.34. The molecule has 1 N–H and O–H groups in total. The Bertz CT molecular complexity index is 320. The van der Waals surface area contributed by atoms with E-state index in [1.54, 1.807) is 6.20 Å². The Morgan fingerprint density at radius 1 is 1.53 bits per heavy atom. The van der Waals surface area contributed by atoms with Crippen LogP contribution in [0.25, 0.3) is 0 Å². The Kier molecular flexibility index (Phi) is 4.09. The van der Waals surface area contributed by atoms with Gasteiger partial charge in [-0.05, 0) is 32.4 Å². The van der Waals surface area contributed by atoms with Gasteiger partial charge < -0.3 is 10.1 Å². The maximum atomic E-state index is 11.1. The van der Waals surface area contributed by atoms with Crippen molar-refractivity contribution in [1.29, 1.82) is 0 Å². The van der Waals surface area contributed by atoms with Gasteiger partial charge in [-0.3, -0.25) is 4.98 Å². The molecule has 0 aliphatic carbocycles. The number of ether oxygens (including phenoxy) is 1. The van der Waals surface area contributed by atoms with Crippen LogP contribution in [0.3, 0.4) is 0 Å². The molecule has 1 rings (SSSR count). The molecule has 0 bridgehead atoms. The van der Waals surface area contributed by atoms with Crippen LogP contribution in [0.1, 0.15) is 25.1 Å². The summed E-state index contributed by atoms with van der Waals surface area (Å²) in [4.78, 5) is 15.3. The fourth-order valence-corrected chi connectivity index (χ4v) is 1.03. The van der Waals surface area contributed by atoms with Gasteiger partial charge in [-0.2, -0.15) is 0 Å². The lowest BCUT2D eigenvalue weighted by atomic mass is 10.2. The molecule has 0 fully saturated rings. The first-order valence-electron chi connectivity index (χ1n) is 4.94. The molecule has 0 radical (unpaired) electrons. The van der Waals surface area contributed by atoms with Crippen molar-refractivity contribution >= 4 is 6.09 Å². The molecule has 15 heavy (non-hydrogen) atoms. The summed E-state index contributed by atoms with van der Waals surface area (Å²) in [6.45, 7) is 5.99. The summed E-state index contributed by atoms with van der Waals surface area (Å²) in [7, 11) is 0. The number of nitrogens with zero attached hydrogens (tertiary/aromatic N) is 1. The highest BCUT2D eigenvalue weighted by atomic mass is 16.6. The van der Waals surface area contributed by atoms with E-state index < -0.39 is 6.09 Å². The predicted octanol–water partition coefficient (Wildman–Crippen LogP) is 2.02. The topological polar surface area (TPSA) is 51.2 Å². The lowest BCUT2D eigenvalue weighted by Gasteiger charge is -2.09. The Morgan fingerprint density at radius 2 is 2.27 bits per heavy atom. The Hall–Kier alpha value is -1.58. The van der Waals surface area contributed by atoms with Crippen molar-refractivity contribution in [2.45, 2.75) is 33.4 Å². The summed E-state index contributed by atoms with van der Waals surface area (Å²) in [5.41, 5.74) is 1.92. The zero-order valence-corrected chi connectivity index (χ0v) is 9.28. The second-order valence-corrected chi connectivity index (χ2v) is 3.62. The largest absolute Gasteiger partial charge is 0.447 e. The highest BCUT2D eigenvalue weighted by Gasteiger charge is 2.03. The van der Waals surface area contributed by atoms with Gasteiger partial charge in [0.05, 0.1) is 6.10 Å². The van der Waals surface area contributed by atoms with Gasteiger partial charge >= 0.3 is 6.09 Å². The SMILES string of the molecule is Cc1ccc(CNC(=O)OC(C)C)cn1. The average molecular weight is 208 g/mol. The number of hydrogen-bond acceptors (Lipinski definition) is 3. The number of pyridine rings is 1. The molecule has 1 amide bonds. The summed E-state index contributed by atoms with van der Waals surface area (Å²) >= 11 is 0. The molecule has 82 valence electrons. The van der Waals surface area contributed by atoms with Crippen molar-refractivity contribution in [1.82, 2.24) is 10.3 Å². The number of carbonyl (C=O) groups excluding carboxylic acids is 1. The van der Waals surface area contributed by atoms with Gasteiger partial charge in [-0.1, -0.05) is 6.07 Å². The number of aryl methyl sites for hydroxylation is 1. The Balaban J connectivity index is 2.37. The number of rotatable bonds is 3. The number of amides is 1. The summed E-state index contributed by atoms with van der Waals surface area (Å²) in [5, 5.41) is 2.65. The minimum Gasteiger partial charge on any atom is -0.447 e. The maximum Gasteiger partial charge on any atom is 0.407 e. The van der Waals surface area contributed by atoms with E-state index in [9.17, 15) is 4.79 Å². The van der Waals surface area contributed by atoms with Gasteiger partial charge in [0, 0.05) is 18.4 Å². The first kappa shape index (κ1) is 11.5. The Labute approximate surface area is 89.7 Å². The molecule has 0 spiro atoms. The van der Waals surface area contributed by atoms with E-state index in [1.165, 1.54) is 0 Å². The number of aromatic nitrogens is 1. The normalized spacial score (nSPS) is 10.1. The highest BCUT2D eigenvalue weighted by Crippen LogP contribution is 1.99. The molecule has 1 heterocycles. The highest BCUT2D eigenvalue weighted by molar-refractivity contribution is 5.67. The van der Waals surface area contributed by atoms with Crippen LogP contribution in [0.2, 0.25) is 0 Å². The van der Waals surface area contributed by atoms with Crippen LogP contribution >= 0.6 is 0 Å². The summed E-state index contributed by atoms with van der Waals surface area (Å²) in [6, 6.07) is 3.84. The van der Waals surface area contributed by atoms with E-state index in [1.807, 2.05) is 32.9 Å². The van der Waals surface area contributed by atoms with Gasteiger partial charge in [0.15, 0.2) is 0 Å². The van der Waals surface area contributed by atoms with Crippen molar-refractivity contribution in [3.63, 3.8) is 0 Å². The number of hydrogen-bond donors (Lipinski definition) is 1. The van der Waals surface area contributed by atoms with Gasteiger partial charge in [0.2, 0.25) is 0 Å². The Morgan fingerprint density at radius 3 is 2.80 bits per heavy atom. The first-order chi connectivity index (χ1) is 7.08. The molecule has 0 unspecified atom stereocenters. The van der Waals surface area contributed by atoms with E-state index in [0.717, 1.165) is 11.3 Å². The van der Waals surface area contributed by atoms with E-state index in [0.29, 0.717) is 6.54 Å².